The van der Waals surface area contributed by atoms with E-state index in [1.54, 1.807) is 6.07 Å². The van der Waals surface area contributed by atoms with Crippen LogP contribution < -0.4 is 10.1 Å². The second-order valence-electron chi connectivity index (χ2n) is 5.61. The minimum Gasteiger partial charge on any atom is -0.490 e. The van der Waals surface area contributed by atoms with E-state index in [1.807, 2.05) is 50.2 Å². The first-order valence-corrected chi connectivity index (χ1v) is 8.80. The summed E-state index contributed by atoms with van der Waals surface area (Å²) in [5.74, 6) is 0.545. The maximum absolute atomic E-state index is 12.5. The molecule has 0 aliphatic heterocycles. The van der Waals surface area contributed by atoms with Crippen molar-refractivity contribution in [3.63, 3.8) is 0 Å². The van der Waals surface area contributed by atoms with Gasteiger partial charge in [0.05, 0.1) is 16.8 Å². The molecule has 6 heteroatoms. The number of ether oxygens (including phenoxy) is 1. The van der Waals surface area contributed by atoms with Crippen molar-refractivity contribution in [2.45, 2.75) is 13.8 Å². The van der Waals surface area contributed by atoms with Gasteiger partial charge in [-0.05, 0) is 37.6 Å². The van der Waals surface area contributed by atoms with Gasteiger partial charge in [-0.15, -0.1) is 0 Å². The molecule has 4 rings (SSSR count). The lowest BCUT2D eigenvalue weighted by Crippen LogP contribution is -2.10. The van der Waals surface area contributed by atoms with E-state index in [1.165, 1.54) is 11.3 Å². The average molecular weight is 352 g/mol. The molecule has 0 aliphatic rings. The van der Waals surface area contributed by atoms with Crippen LogP contribution >= 0.6 is 11.3 Å². The average Bonchev–Trinajstić information content (AvgIpc) is 3.20. The van der Waals surface area contributed by atoms with E-state index in [0.717, 1.165) is 21.2 Å². The Morgan fingerprint density at radius 1 is 1.28 bits per heavy atom. The van der Waals surface area contributed by atoms with Crippen LogP contribution in [-0.2, 0) is 0 Å². The van der Waals surface area contributed by atoms with Crippen LogP contribution in [0.4, 0.5) is 5.13 Å². The fourth-order valence-electron chi connectivity index (χ4n) is 2.72. The second kappa shape index (κ2) is 6.22. The largest absolute Gasteiger partial charge is 0.490 e. The number of aromatic nitrogens is 1. The Balaban J connectivity index is 1.65. The minimum absolute atomic E-state index is 0.234. The van der Waals surface area contributed by atoms with E-state index < -0.39 is 0 Å². The van der Waals surface area contributed by atoms with Crippen LogP contribution in [0.25, 0.3) is 21.2 Å². The van der Waals surface area contributed by atoms with Crippen LogP contribution in [-0.4, -0.2) is 17.5 Å². The van der Waals surface area contributed by atoms with Crippen molar-refractivity contribution in [2.75, 3.05) is 11.9 Å². The van der Waals surface area contributed by atoms with E-state index in [9.17, 15) is 4.79 Å². The third-order valence-electron chi connectivity index (χ3n) is 3.87. The van der Waals surface area contributed by atoms with Crippen LogP contribution in [0.3, 0.4) is 0 Å². The van der Waals surface area contributed by atoms with E-state index >= 15 is 0 Å². The molecule has 0 fully saturated rings. The van der Waals surface area contributed by atoms with Gasteiger partial charge >= 0.3 is 0 Å². The number of aryl methyl sites for hydroxylation is 1. The van der Waals surface area contributed by atoms with Crippen LogP contribution in [0.5, 0.6) is 5.75 Å². The molecule has 25 heavy (non-hydrogen) atoms. The smallest absolute Gasteiger partial charge is 0.293 e. The Kier molecular flexibility index (Phi) is 3.89. The van der Waals surface area contributed by atoms with Gasteiger partial charge in [0.1, 0.15) is 0 Å². The summed E-state index contributed by atoms with van der Waals surface area (Å²) < 4.78 is 12.3. The lowest BCUT2D eigenvalue weighted by atomic mass is 10.2. The normalized spacial score (nSPS) is 11.1. The van der Waals surface area contributed by atoms with Crippen molar-refractivity contribution in [2.24, 2.45) is 0 Å². The molecule has 2 aromatic heterocycles. The number of carbonyl (C=O) groups excluding carboxylic acids is 1. The second-order valence-corrected chi connectivity index (χ2v) is 6.64. The monoisotopic (exact) mass is 352 g/mol. The van der Waals surface area contributed by atoms with Crippen LogP contribution in [0, 0.1) is 6.92 Å². The molecule has 0 bridgehead atoms. The lowest BCUT2D eigenvalue weighted by Gasteiger charge is -2.02. The summed E-state index contributed by atoms with van der Waals surface area (Å²) in [6.45, 7) is 4.44. The van der Waals surface area contributed by atoms with E-state index in [2.05, 4.69) is 10.3 Å². The maximum Gasteiger partial charge on any atom is 0.293 e. The molecular weight excluding hydrogens is 336 g/mol. The zero-order chi connectivity index (χ0) is 17.4. The molecule has 4 aromatic rings. The van der Waals surface area contributed by atoms with Crippen molar-refractivity contribution >= 4 is 43.6 Å². The van der Waals surface area contributed by atoms with Crippen molar-refractivity contribution in [3.8, 4) is 5.75 Å². The minimum atomic E-state index is -0.324. The fraction of sp³-hybridized carbons (Fsp3) is 0.158. The predicted octanol–water partition coefficient (Wildman–Crippen LogP) is 5.00. The molecular formula is C19H16N2O3S. The third-order valence-corrected chi connectivity index (χ3v) is 4.81. The third kappa shape index (κ3) is 2.85. The predicted molar refractivity (Wildman–Crippen MR) is 99.7 cm³/mol. The first-order valence-electron chi connectivity index (χ1n) is 7.98. The number of para-hydroxylation sites is 2. The number of benzene rings is 2. The molecule has 0 atom stereocenters. The van der Waals surface area contributed by atoms with Crippen molar-refractivity contribution in [1.82, 2.24) is 4.98 Å². The van der Waals surface area contributed by atoms with Gasteiger partial charge in [-0.2, -0.15) is 0 Å². The summed E-state index contributed by atoms with van der Waals surface area (Å²) in [4.78, 5) is 17.0. The van der Waals surface area contributed by atoms with Gasteiger partial charge in [0, 0.05) is 5.39 Å². The maximum atomic E-state index is 12.5. The highest BCUT2D eigenvalue weighted by Crippen LogP contribution is 2.31. The molecule has 0 unspecified atom stereocenters. The Labute approximate surface area is 148 Å². The van der Waals surface area contributed by atoms with E-state index in [0.29, 0.717) is 23.1 Å². The molecule has 1 N–H and O–H groups in total. The quantitative estimate of drug-likeness (QED) is 0.561. The number of amides is 1. The Morgan fingerprint density at radius 3 is 2.92 bits per heavy atom. The lowest BCUT2D eigenvalue weighted by molar-refractivity contribution is 0.0998. The number of furan rings is 1. The van der Waals surface area contributed by atoms with E-state index in [4.69, 9.17) is 9.15 Å². The molecule has 0 saturated carbocycles. The van der Waals surface area contributed by atoms with Crippen molar-refractivity contribution in [3.05, 3.63) is 53.8 Å². The summed E-state index contributed by atoms with van der Waals surface area (Å²) in [6.07, 6.45) is 0. The molecule has 126 valence electrons. The number of carbonyl (C=O) groups is 1. The number of nitrogens with one attached hydrogen (secondary N) is 1. The molecule has 5 nitrogen and oxygen atoms in total. The van der Waals surface area contributed by atoms with Crippen LogP contribution in [0.1, 0.15) is 23.0 Å². The van der Waals surface area contributed by atoms with Crippen molar-refractivity contribution < 1.29 is 13.9 Å². The van der Waals surface area contributed by atoms with Gasteiger partial charge in [-0.25, -0.2) is 4.98 Å². The van der Waals surface area contributed by atoms with Crippen LogP contribution in [0.15, 0.2) is 46.9 Å². The first kappa shape index (κ1) is 15.7. The molecule has 2 heterocycles. The highest BCUT2D eigenvalue weighted by molar-refractivity contribution is 7.22. The summed E-state index contributed by atoms with van der Waals surface area (Å²) >= 11 is 1.44. The standard InChI is InChI=1S/C19H16N2O3S/c1-3-23-13-8-5-7-12-10-14(24-17(12)13)18(22)21-19-20-16-11(2)6-4-9-15(16)25-19/h4-10H,3H2,1-2H3,(H,20,21,22). The zero-order valence-electron chi connectivity index (χ0n) is 13.8. The Hall–Kier alpha value is -2.86. The van der Waals surface area contributed by atoms with Gasteiger partial charge in [0.25, 0.3) is 5.91 Å². The molecule has 0 spiro atoms. The molecule has 2 aromatic carbocycles. The molecule has 0 saturated heterocycles. The molecule has 1 amide bonds. The highest BCUT2D eigenvalue weighted by Gasteiger charge is 2.17. The summed E-state index contributed by atoms with van der Waals surface area (Å²) in [7, 11) is 0. The number of hydrogen-bond donors (Lipinski definition) is 1. The van der Waals surface area contributed by atoms with E-state index in [-0.39, 0.29) is 11.7 Å². The number of hydrogen-bond acceptors (Lipinski definition) is 5. The number of nitrogens with zero attached hydrogens (tertiary/aromatic N) is 1. The van der Waals surface area contributed by atoms with Crippen LogP contribution in [0.2, 0.25) is 0 Å². The summed E-state index contributed by atoms with van der Waals surface area (Å²) in [6, 6.07) is 13.3. The number of fused-ring (bicyclic) bond motifs is 2. The zero-order valence-corrected chi connectivity index (χ0v) is 14.6. The van der Waals surface area contributed by atoms with Gasteiger partial charge in [-0.3, -0.25) is 10.1 Å². The number of thiazole rings is 1. The fourth-order valence-corrected chi connectivity index (χ4v) is 3.65. The first-order chi connectivity index (χ1) is 12.2. The SMILES string of the molecule is CCOc1cccc2cc(C(=O)Nc3nc4c(C)cccc4s3)oc12. The Morgan fingerprint density at radius 2 is 2.12 bits per heavy atom. The van der Waals surface area contributed by atoms with Crippen molar-refractivity contribution in [1.29, 1.82) is 0 Å². The van der Waals surface area contributed by atoms with Gasteiger partial charge < -0.3 is 9.15 Å². The number of anilines is 1. The summed E-state index contributed by atoms with van der Waals surface area (Å²) in [5.41, 5.74) is 2.57. The molecule has 0 aliphatic carbocycles. The van der Waals surface area contributed by atoms with Gasteiger partial charge in [-0.1, -0.05) is 35.6 Å². The highest BCUT2D eigenvalue weighted by atomic mass is 32.1. The molecule has 0 radical (unpaired) electrons. The summed E-state index contributed by atoms with van der Waals surface area (Å²) in [5, 5.41) is 4.21. The Bertz CT molecular complexity index is 1080. The number of rotatable bonds is 4. The topological polar surface area (TPSA) is 64.4 Å². The van der Waals surface area contributed by atoms with Gasteiger partial charge in [0.2, 0.25) is 0 Å². The van der Waals surface area contributed by atoms with Gasteiger partial charge in [0.15, 0.2) is 22.2 Å².